The van der Waals surface area contributed by atoms with Crippen LogP contribution in [0.1, 0.15) is 24.2 Å². The number of sulfonamides is 1. The van der Waals surface area contributed by atoms with Gasteiger partial charge in [-0.3, -0.25) is 14.6 Å². The summed E-state index contributed by atoms with van der Waals surface area (Å²) in [5, 5.41) is 5.07. The van der Waals surface area contributed by atoms with Crippen molar-refractivity contribution in [2.75, 3.05) is 25.0 Å². The summed E-state index contributed by atoms with van der Waals surface area (Å²) >= 11 is 6.16. The molecular formula is C20H23ClN4O5S. The van der Waals surface area contributed by atoms with Gasteiger partial charge >= 0.3 is 0 Å². The van der Waals surface area contributed by atoms with Gasteiger partial charge in [-0.1, -0.05) is 11.6 Å². The predicted octanol–water partition coefficient (Wildman–Crippen LogP) is 1.90. The molecule has 2 heterocycles. The number of hydrogen-bond acceptors (Lipinski definition) is 6. The molecule has 1 aromatic carbocycles. The van der Waals surface area contributed by atoms with E-state index in [0.717, 1.165) is 0 Å². The van der Waals surface area contributed by atoms with E-state index in [1.54, 1.807) is 32.2 Å². The molecule has 9 nitrogen and oxygen atoms in total. The van der Waals surface area contributed by atoms with Crippen LogP contribution in [0.4, 0.5) is 5.69 Å². The summed E-state index contributed by atoms with van der Waals surface area (Å²) < 4.78 is 33.1. The van der Waals surface area contributed by atoms with Gasteiger partial charge in [0.15, 0.2) is 0 Å². The Morgan fingerprint density at radius 2 is 1.94 bits per heavy atom. The van der Waals surface area contributed by atoms with Gasteiger partial charge in [0.1, 0.15) is 4.90 Å². The lowest BCUT2D eigenvalue weighted by atomic mass is 10.2. The lowest BCUT2D eigenvalue weighted by molar-refractivity contribution is -0.115. The zero-order valence-electron chi connectivity index (χ0n) is 17.0. The third kappa shape index (κ3) is 5.79. The normalized spacial score (nSPS) is 19.6. The quantitative estimate of drug-likeness (QED) is 0.671. The Morgan fingerprint density at radius 3 is 2.58 bits per heavy atom. The zero-order valence-corrected chi connectivity index (χ0v) is 18.6. The molecule has 2 aromatic rings. The molecule has 1 fully saturated rings. The van der Waals surface area contributed by atoms with Gasteiger partial charge in [0.05, 0.1) is 35.7 Å². The fourth-order valence-corrected chi connectivity index (χ4v) is 5.30. The number of rotatable bonds is 6. The van der Waals surface area contributed by atoms with E-state index in [-0.39, 0.29) is 47.3 Å². The first-order valence-corrected chi connectivity index (χ1v) is 11.4. The Hall–Kier alpha value is -2.53. The standard InChI is InChI=1S/C20H23ClN4O5S/c1-13-11-25(12-14(2)30-13)31(28,29)18-8-15(5-6-17(18)21)20(27)23-10-19(26)24-16-4-3-7-22-9-16/h3-9,13-14H,10-12H2,1-2H3,(H,23,27)(H,24,26). The lowest BCUT2D eigenvalue weighted by Gasteiger charge is -2.34. The van der Waals surface area contributed by atoms with Crippen molar-refractivity contribution in [3.05, 3.63) is 53.3 Å². The van der Waals surface area contributed by atoms with Crippen molar-refractivity contribution in [2.45, 2.75) is 31.0 Å². The summed E-state index contributed by atoms with van der Waals surface area (Å²) in [4.78, 5) is 28.2. The fourth-order valence-electron chi connectivity index (χ4n) is 3.21. The van der Waals surface area contributed by atoms with E-state index in [1.807, 2.05) is 0 Å². The molecule has 1 aliphatic rings. The van der Waals surface area contributed by atoms with Crippen LogP contribution in [0.25, 0.3) is 0 Å². The summed E-state index contributed by atoms with van der Waals surface area (Å²) in [6, 6.07) is 7.31. The molecule has 0 saturated carbocycles. The number of hydrogen-bond donors (Lipinski definition) is 2. The van der Waals surface area contributed by atoms with Crippen LogP contribution in [0.5, 0.6) is 0 Å². The third-order valence-electron chi connectivity index (χ3n) is 4.55. The van der Waals surface area contributed by atoms with Crippen LogP contribution in [-0.4, -0.2) is 61.4 Å². The maximum atomic E-state index is 13.1. The minimum Gasteiger partial charge on any atom is -0.373 e. The average Bonchev–Trinajstić information content (AvgIpc) is 2.72. The van der Waals surface area contributed by atoms with E-state index in [1.165, 1.54) is 28.7 Å². The highest BCUT2D eigenvalue weighted by Gasteiger charge is 2.33. The van der Waals surface area contributed by atoms with Crippen molar-refractivity contribution in [3.63, 3.8) is 0 Å². The highest BCUT2D eigenvalue weighted by Crippen LogP contribution is 2.28. The van der Waals surface area contributed by atoms with Gasteiger partial charge in [0.25, 0.3) is 5.91 Å². The van der Waals surface area contributed by atoms with Crippen molar-refractivity contribution in [1.29, 1.82) is 0 Å². The van der Waals surface area contributed by atoms with Crippen molar-refractivity contribution in [2.24, 2.45) is 0 Å². The van der Waals surface area contributed by atoms with Gasteiger partial charge in [-0.05, 0) is 44.2 Å². The molecule has 2 unspecified atom stereocenters. The largest absolute Gasteiger partial charge is 0.373 e. The highest BCUT2D eigenvalue weighted by molar-refractivity contribution is 7.89. The van der Waals surface area contributed by atoms with Crippen LogP contribution >= 0.6 is 11.6 Å². The summed E-state index contributed by atoms with van der Waals surface area (Å²) in [6.45, 7) is 3.67. The number of nitrogens with one attached hydrogen (secondary N) is 2. The molecule has 2 amide bonds. The number of pyridine rings is 1. The van der Waals surface area contributed by atoms with Crippen molar-refractivity contribution in [3.8, 4) is 0 Å². The molecule has 1 saturated heterocycles. The van der Waals surface area contributed by atoms with Crippen LogP contribution in [-0.2, 0) is 19.6 Å². The number of nitrogens with zero attached hydrogens (tertiary/aromatic N) is 2. The van der Waals surface area contributed by atoms with Crippen LogP contribution in [0, 0.1) is 0 Å². The molecule has 2 N–H and O–H groups in total. The number of benzene rings is 1. The predicted molar refractivity (Wildman–Crippen MR) is 115 cm³/mol. The number of anilines is 1. The Morgan fingerprint density at radius 1 is 1.23 bits per heavy atom. The highest BCUT2D eigenvalue weighted by atomic mass is 35.5. The second-order valence-electron chi connectivity index (χ2n) is 7.20. The molecule has 0 radical (unpaired) electrons. The van der Waals surface area contributed by atoms with Gasteiger partial charge < -0.3 is 15.4 Å². The number of halogens is 1. The molecule has 0 aliphatic carbocycles. The molecule has 31 heavy (non-hydrogen) atoms. The molecule has 0 bridgehead atoms. The second-order valence-corrected chi connectivity index (χ2v) is 9.51. The van der Waals surface area contributed by atoms with Crippen LogP contribution in [0.2, 0.25) is 5.02 Å². The number of carbonyl (C=O) groups excluding carboxylic acids is 2. The Balaban J connectivity index is 1.71. The second kappa shape index (κ2) is 9.73. The van der Waals surface area contributed by atoms with Crippen LogP contribution < -0.4 is 10.6 Å². The van der Waals surface area contributed by atoms with Gasteiger partial charge in [-0.15, -0.1) is 0 Å². The molecule has 2 atom stereocenters. The smallest absolute Gasteiger partial charge is 0.251 e. The number of aromatic nitrogens is 1. The summed E-state index contributed by atoms with van der Waals surface area (Å²) in [5.41, 5.74) is 0.571. The minimum atomic E-state index is -3.93. The number of carbonyl (C=O) groups is 2. The lowest BCUT2D eigenvalue weighted by Crippen LogP contribution is -2.48. The fraction of sp³-hybridized carbons (Fsp3) is 0.350. The van der Waals surface area contributed by atoms with Crippen molar-refractivity contribution >= 4 is 39.1 Å². The van der Waals surface area contributed by atoms with Gasteiger partial charge in [-0.25, -0.2) is 8.42 Å². The Kier molecular flexibility index (Phi) is 7.26. The zero-order chi connectivity index (χ0) is 22.6. The summed E-state index contributed by atoms with van der Waals surface area (Å²) in [5.74, 6) is -1.04. The van der Waals surface area contributed by atoms with E-state index in [0.29, 0.717) is 5.69 Å². The van der Waals surface area contributed by atoms with Crippen LogP contribution in [0.15, 0.2) is 47.6 Å². The minimum absolute atomic E-state index is 0.0117. The molecule has 166 valence electrons. The SMILES string of the molecule is CC1CN(S(=O)(=O)c2cc(C(=O)NCC(=O)Nc3cccnc3)ccc2Cl)CC(C)O1. The van der Waals surface area contributed by atoms with Crippen molar-refractivity contribution < 1.29 is 22.7 Å². The van der Waals surface area contributed by atoms with Gasteiger partial charge in [-0.2, -0.15) is 4.31 Å². The van der Waals surface area contributed by atoms with Crippen LogP contribution in [0.3, 0.4) is 0 Å². The summed E-state index contributed by atoms with van der Waals surface area (Å²) in [6.07, 6.45) is 2.52. The molecule has 0 spiro atoms. The number of morpholine rings is 1. The molecule has 11 heteroatoms. The van der Waals surface area contributed by atoms with E-state index in [2.05, 4.69) is 15.6 Å². The monoisotopic (exact) mass is 466 g/mol. The Bertz CT molecular complexity index is 1050. The van der Waals surface area contributed by atoms with E-state index >= 15 is 0 Å². The Labute approximate surface area is 185 Å². The molecule has 1 aliphatic heterocycles. The van der Waals surface area contributed by atoms with Gasteiger partial charge in [0, 0.05) is 24.8 Å². The topological polar surface area (TPSA) is 118 Å². The van der Waals surface area contributed by atoms with E-state index in [9.17, 15) is 18.0 Å². The first kappa shape index (κ1) is 23.1. The molecule has 3 rings (SSSR count). The number of ether oxygens (including phenoxy) is 1. The first-order valence-electron chi connectivity index (χ1n) is 9.60. The average molecular weight is 467 g/mol. The first-order chi connectivity index (χ1) is 14.7. The molecular weight excluding hydrogens is 444 g/mol. The number of amides is 2. The maximum absolute atomic E-state index is 13.1. The molecule has 1 aromatic heterocycles. The van der Waals surface area contributed by atoms with E-state index < -0.39 is 21.8 Å². The summed E-state index contributed by atoms with van der Waals surface area (Å²) in [7, 11) is -3.93. The van der Waals surface area contributed by atoms with Gasteiger partial charge in [0.2, 0.25) is 15.9 Å². The third-order valence-corrected chi connectivity index (χ3v) is 6.87. The van der Waals surface area contributed by atoms with Crippen molar-refractivity contribution in [1.82, 2.24) is 14.6 Å². The maximum Gasteiger partial charge on any atom is 0.251 e. The van der Waals surface area contributed by atoms with E-state index in [4.69, 9.17) is 16.3 Å².